The van der Waals surface area contributed by atoms with Crippen molar-refractivity contribution in [2.45, 2.75) is 51.2 Å². The molecule has 0 radical (unpaired) electrons. The van der Waals surface area contributed by atoms with Crippen molar-refractivity contribution in [2.24, 2.45) is 5.92 Å². The SMILES string of the molecule is CCC(C)CC(C)NS(=O)(=O)c1cc(CO)ccc1Br. The van der Waals surface area contributed by atoms with Gasteiger partial charge in [-0.3, -0.25) is 0 Å². The maximum Gasteiger partial charge on any atom is 0.241 e. The normalized spacial score (nSPS) is 15.1. The van der Waals surface area contributed by atoms with Crippen molar-refractivity contribution in [3.63, 3.8) is 0 Å². The highest BCUT2D eigenvalue weighted by atomic mass is 79.9. The van der Waals surface area contributed by atoms with E-state index in [2.05, 4.69) is 34.5 Å². The van der Waals surface area contributed by atoms with Crippen LogP contribution < -0.4 is 4.72 Å². The van der Waals surface area contributed by atoms with E-state index in [1.807, 2.05) is 6.92 Å². The van der Waals surface area contributed by atoms with Gasteiger partial charge in [0.25, 0.3) is 0 Å². The maximum atomic E-state index is 12.4. The molecule has 0 saturated heterocycles. The third kappa shape index (κ3) is 4.84. The molecule has 2 N–H and O–H groups in total. The molecular formula is C14H22BrNO3S. The summed E-state index contributed by atoms with van der Waals surface area (Å²) in [7, 11) is -3.58. The zero-order chi connectivity index (χ0) is 15.3. The Bertz CT molecular complexity index is 545. The zero-order valence-electron chi connectivity index (χ0n) is 12.1. The molecule has 0 spiro atoms. The smallest absolute Gasteiger partial charge is 0.241 e. The molecule has 0 heterocycles. The Labute approximate surface area is 129 Å². The molecule has 20 heavy (non-hydrogen) atoms. The fourth-order valence-corrected chi connectivity index (χ4v) is 4.27. The molecule has 4 nitrogen and oxygen atoms in total. The van der Waals surface area contributed by atoms with E-state index in [9.17, 15) is 8.42 Å². The van der Waals surface area contributed by atoms with Crippen molar-refractivity contribution in [1.82, 2.24) is 4.72 Å². The Morgan fingerprint density at radius 1 is 1.35 bits per heavy atom. The maximum absolute atomic E-state index is 12.4. The number of rotatable bonds is 7. The summed E-state index contributed by atoms with van der Waals surface area (Å²) in [5.41, 5.74) is 0.572. The van der Waals surface area contributed by atoms with Crippen molar-refractivity contribution in [3.8, 4) is 0 Å². The number of hydrogen-bond acceptors (Lipinski definition) is 3. The van der Waals surface area contributed by atoms with E-state index in [-0.39, 0.29) is 17.5 Å². The summed E-state index contributed by atoms with van der Waals surface area (Å²) in [5, 5.41) is 9.12. The Morgan fingerprint density at radius 3 is 2.55 bits per heavy atom. The van der Waals surface area contributed by atoms with Gasteiger partial charge in [-0.05, 0) is 52.9 Å². The number of nitrogens with one attached hydrogen (secondary N) is 1. The molecule has 0 aliphatic heterocycles. The van der Waals surface area contributed by atoms with Crippen LogP contribution in [0.4, 0.5) is 0 Å². The van der Waals surface area contributed by atoms with E-state index < -0.39 is 10.0 Å². The molecule has 2 atom stereocenters. The van der Waals surface area contributed by atoms with Crippen molar-refractivity contribution < 1.29 is 13.5 Å². The molecule has 1 aromatic carbocycles. The van der Waals surface area contributed by atoms with Crippen LogP contribution in [-0.4, -0.2) is 19.6 Å². The van der Waals surface area contributed by atoms with E-state index in [4.69, 9.17) is 5.11 Å². The standard InChI is InChI=1S/C14H22BrNO3S/c1-4-10(2)7-11(3)16-20(18,19)14-8-12(9-17)5-6-13(14)15/h5-6,8,10-11,16-17H,4,7,9H2,1-3H3. The molecule has 0 amide bonds. The molecule has 2 unspecified atom stereocenters. The van der Waals surface area contributed by atoms with Crippen LogP contribution in [0.25, 0.3) is 0 Å². The number of sulfonamides is 1. The van der Waals surface area contributed by atoms with Crippen LogP contribution in [0.1, 0.15) is 39.2 Å². The first-order chi connectivity index (χ1) is 9.30. The third-order valence-corrected chi connectivity index (χ3v) is 5.86. The van der Waals surface area contributed by atoms with Gasteiger partial charge in [0.05, 0.1) is 11.5 Å². The van der Waals surface area contributed by atoms with Crippen LogP contribution in [0.3, 0.4) is 0 Å². The minimum Gasteiger partial charge on any atom is -0.392 e. The van der Waals surface area contributed by atoms with Gasteiger partial charge in [0.15, 0.2) is 0 Å². The first-order valence-corrected chi connectivity index (χ1v) is 8.99. The van der Waals surface area contributed by atoms with Gasteiger partial charge in [-0.2, -0.15) is 0 Å². The fraction of sp³-hybridized carbons (Fsp3) is 0.571. The average molecular weight is 364 g/mol. The highest BCUT2D eigenvalue weighted by Crippen LogP contribution is 2.24. The molecule has 1 rings (SSSR count). The van der Waals surface area contributed by atoms with Crippen LogP contribution >= 0.6 is 15.9 Å². The second-order valence-corrected chi connectivity index (χ2v) is 7.73. The van der Waals surface area contributed by atoms with Crippen molar-refractivity contribution in [2.75, 3.05) is 0 Å². The molecule has 0 aliphatic rings. The lowest BCUT2D eigenvalue weighted by molar-refractivity contribution is 0.281. The van der Waals surface area contributed by atoms with Crippen LogP contribution in [0.15, 0.2) is 27.6 Å². The number of hydrogen-bond donors (Lipinski definition) is 2. The van der Waals surface area contributed by atoms with Gasteiger partial charge < -0.3 is 5.11 Å². The Hall–Kier alpha value is -0.430. The van der Waals surface area contributed by atoms with Gasteiger partial charge >= 0.3 is 0 Å². The molecular weight excluding hydrogens is 342 g/mol. The molecule has 0 saturated carbocycles. The summed E-state index contributed by atoms with van der Waals surface area (Å²) in [5.74, 6) is 0.472. The van der Waals surface area contributed by atoms with Gasteiger partial charge in [-0.25, -0.2) is 13.1 Å². The fourth-order valence-electron chi connectivity index (χ4n) is 2.00. The quantitative estimate of drug-likeness (QED) is 0.782. The monoisotopic (exact) mass is 363 g/mol. The van der Waals surface area contributed by atoms with E-state index in [1.54, 1.807) is 12.1 Å². The van der Waals surface area contributed by atoms with Gasteiger partial charge in [0.2, 0.25) is 10.0 Å². The highest BCUT2D eigenvalue weighted by Gasteiger charge is 2.21. The van der Waals surface area contributed by atoms with Crippen LogP contribution in [0.5, 0.6) is 0 Å². The van der Waals surface area contributed by atoms with E-state index in [0.717, 1.165) is 12.8 Å². The van der Waals surface area contributed by atoms with E-state index in [1.165, 1.54) is 6.07 Å². The summed E-state index contributed by atoms with van der Waals surface area (Å²) in [6, 6.07) is 4.69. The number of halogens is 1. The Balaban J connectivity index is 2.93. The van der Waals surface area contributed by atoms with Gasteiger partial charge in [-0.15, -0.1) is 0 Å². The topological polar surface area (TPSA) is 66.4 Å². The van der Waals surface area contributed by atoms with Gasteiger partial charge in [-0.1, -0.05) is 26.3 Å². The van der Waals surface area contributed by atoms with Crippen molar-refractivity contribution in [1.29, 1.82) is 0 Å². The van der Waals surface area contributed by atoms with Crippen molar-refractivity contribution in [3.05, 3.63) is 28.2 Å². The number of aliphatic hydroxyl groups excluding tert-OH is 1. The largest absolute Gasteiger partial charge is 0.392 e. The minimum absolute atomic E-state index is 0.125. The second kappa shape index (κ2) is 7.54. The lowest BCUT2D eigenvalue weighted by atomic mass is 10.0. The summed E-state index contributed by atoms with van der Waals surface area (Å²) >= 11 is 3.25. The first-order valence-electron chi connectivity index (χ1n) is 6.71. The number of benzene rings is 1. The van der Waals surface area contributed by atoms with Gasteiger partial charge in [0, 0.05) is 10.5 Å². The lowest BCUT2D eigenvalue weighted by Crippen LogP contribution is -2.34. The summed E-state index contributed by atoms with van der Waals surface area (Å²) in [6.45, 7) is 5.88. The number of aliphatic hydroxyl groups is 1. The highest BCUT2D eigenvalue weighted by molar-refractivity contribution is 9.10. The molecule has 114 valence electrons. The van der Waals surface area contributed by atoms with Crippen molar-refractivity contribution >= 4 is 26.0 Å². The molecule has 0 aromatic heterocycles. The van der Waals surface area contributed by atoms with Gasteiger partial charge in [0.1, 0.15) is 0 Å². The summed E-state index contributed by atoms with van der Waals surface area (Å²) in [4.78, 5) is 0.167. The van der Waals surface area contributed by atoms with E-state index in [0.29, 0.717) is 16.0 Å². The zero-order valence-corrected chi connectivity index (χ0v) is 14.5. The Morgan fingerprint density at radius 2 is 2.00 bits per heavy atom. The Kier molecular flexibility index (Phi) is 6.64. The summed E-state index contributed by atoms with van der Waals surface area (Å²) < 4.78 is 27.9. The van der Waals surface area contributed by atoms with Crippen LogP contribution in [0, 0.1) is 5.92 Å². The molecule has 0 fully saturated rings. The molecule has 6 heteroatoms. The summed E-state index contributed by atoms with van der Waals surface area (Å²) in [6.07, 6.45) is 1.82. The van der Waals surface area contributed by atoms with Crippen LogP contribution in [-0.2, 0) is 16.6 Å². The third-order valence-electron chi connectivity index (χ3n) is 3.28. The average Bonchev–Trinajstić information content (AvgIpc) is 2.38. The second-order valence-electron chi connectivity index (χ2n) is 5.19. The van der Waals surface area contributed by atoms with Crippen LogP contribution in [0.2, 0.25) is 0 Å². The minimum atomic E-state index is -3.58. The molecule has 0 bridgehead atoms. The first kappa shape index (κ1) is 17.6. The lowest BCUT2D eigenvalue weighted by Gasteiger charge is -2.18. The molecule has 1 aromatic rings. The predicted octanol–water partition coefficient (Wildman–Crippen LogP) is 3.04. The predicted molar refractivity (Wildman–Crippen MR) is 83.9 cm³/mol. The van der Waals surface area contributed by atoms with E-state index >= 15 is 0 Å². The molecule has 0 aliphatic carbocycles.